The molecule has 7 atom stereocenters. The number of cyclic esters (lactones) is 1. The highest BCUT2D eigenvalue weighted by Crippen LogP contribution is 2.32. The summed E-state index contributed by atoms with van der Waals surface area (Å²) in [5.41, 5.74) is -0.358. The number of hydrogen-bond acceptors (Lipinski definition) is 10. The van der Waals surface area contributed by atoms with Gasteiger partial charge in [0.05, 0.1) is 17.4 Å². The van der Waals surface area contributed by atoms with Crippen molar-refractivity contribution in [1.29, 1.82) is 0 Å². The van der Waals surface area contributed by atoms with Crippen molar-refractivity contribution in [2.45, 2.75) is 137 Å². The van der Waals surface area contributed by atoms with Gasteiger partial charge in [-0.25, -0.2) is 9.97 Å². The first-order chi connectivity index (χ1) is 22.0. The van der Waals surface area contributed by atoms with Crippen molar-refractivity contribution in [2.24, 2.45) is 23.2 Å². The zero-order chi connectivity index (χ0) is 34.9. The van der Waals surface area contributed by atoms with Crippen LogP contribution in [0.3, 0.4) is 0 Å². The molecule has 1 unspecified atom stereocenters. The molecule has 3 aliphatic heterocycles. The lowest BCUT2D eigenvalue weighted by atomic mass is 9.76. The Hall–Kier alpha value is -2.47. The molecule has 2 saturated heterocycles. The molecule has 0 aromatic carbocycles. The Morgan fingerprint density at radius 3 is 2.47 bits per heavy atom. The van der Waals surface area contributed by atoms with Crippen molar-refractivity contribution in [1.82, 2.24) is 19.8 Å². The zero-order valence-electron chi connectivity index (χ0n) is 30.0. The second kappa shape index (κ2) is 17.3. The molecule has 0 radical (unpaired) electrons. The summed E-state index contributed by atoms with van der Waals surface area (Å²) in [5, 5.41) is 20.2. The number of aliphatic hydroxyl groups is 2. The lowest BCUT2D eigenvalue weighted by molar-refractivity contribution is -0.169. The number of amides is 1. The average molecular weight is 661 g/mol. The summed E-state index contributed by atoms with van der Waals surface area (Å²) < 4.78 is 10.9. The number of fused-ring (bicyclic) bond motifs is 1. The van der Waals surface area contributed by atoms with Crippen molar-refractivity contribution in [3.8, 4) is 0 Å². The normalized spacial score (nSPS) is 32.4. The Labute approximate surface area is 281 Å². The quantitative estimate of drug-likeness (QED) is 0.346. The number of carbonyl (C=O) groups is 3. The molecule has 4 heterocycles. The van der Waals surface area contributed by atoms with Gasteiger partial charge < -0.3 is 24.6 Å². The highest BCUT2D eigenvalue weighted by molar-refractivity contribution is 6.03. The van der Waals surface area contributed by atoms with Crippen molar-refractivity contribution in [2.75, 3.05) is 26.2 Å². The predicted octanol–water partition coefficient (Wildman–Crippen LogP) is 4.32. The first-order valence-electron chi connectivity index (χ1n) is 17.6. The van der Waals surface area contributed by atoms with Crippen LogP contribution in [-0.4, -0.2) is 97.9 Å². The monoisotopic (exact) mass is 660 g/mol. The molecule has 1 aromatic rings. The highest BCUT2D eigenvalue weighted by Gasteiger charge is 2.43. The van der Waals surface area contributed by atoms with E-state index in [-0.39, 0.29) is 36.4 Å². The average Bonchev–Trinajstić information content (AvgIpc) is 2.98. The van der Waals surface area contributed by atoms with Crippen molar-refractivity contribution in [3.63, 3.8) is 0 Å². The second-order valence-electron chi connectivity index (χ2n) is 15.2. The third-order valence-corrected chi connectivity index (χ3v) is 9.72. The summed E-state index contributed by atoms with van der Waals surface area (Å²) in [6, 6.07) is -0.167. The van der Waals surface area contributed by atoms with Crippen molar-refractivity contribution in [3.05, 3.63) is 23.8 Å². The van der Waals surface area contributed by atoms with Crippen molar-refractivity contribution >= 4 is 17.7 Å². The number of carbonyl (C=O) groups excluding carboxylic acids is 3. The van der Waals surface area contributed by atoms with Crippen LogP contribution < -0.4 is 0 Å². The van der Waals surface area contributed by atoms with Gasteiger partial charge in [-0.1, -0.05) is 27.7 Å². The number of esters is 1. The van der Waals surface area contributed by atoms with E-state index in [2.05, 4.69) is 35.6 Å². The molecule has 2 fully saturated rings. The fourth-order valence-electron chi connectivity index (χ4n) is 7.52. The van der Waals surface area contributed by atoms with Gasteiger partial charge in [-0.15, -0.1) is 0 Å². The molecular formula is C36H60N4O7. The van der Waals surface area contributed by atoms with Gasteiger partial charge in [0.1, 0.15) is 18.3 Å². The summed E-state index contributed by atoms with van der Waals surface area (Å²) in [6.07, 6.45) is 8.25. The van der Waals surface area contributed by atoms with Crippen LogP contribution in [0.4, 0.5) is 0 Å². The number of aromatic nitrogens is 2. The van der Waals surface area contributed by atoms with Crippen molar-refractivity contribution < 1.29 is 34.1 Å². The van der Waals surface area contributed by atoms with Crippen LogP contribution >= 0.6 is 0 Å². The Balaban J connectivity index is 0.000000573. The van der Waals surface area contributed by atoms with E-state index in [1.807, 2.05) is 11.8 Å². The van der Waals surface area contributed by atoms with Crippen LogP contribution in [0.2, 0.25) is 0 Å². The summed E-state index contributed by atoms with van der Waals surface area (Å²) >= 11 is 0. The van der Waals surface area contributed by atoms with E-state index >= 15 is 0 Å². The smallest absolute Gasteiger partial charge is 0.319 e. The number of Topliss-reactive ketones (excluding diaryl/α,β-unsaturated/α-hetero) is 1. The third kappa shape index (κ3) is 11.6. The van der Waals surface area contributed by atoms with Gasteiger partial charge in [-0.2, -0.15) is 0 Å². The van der Waals surface area contributed by atoms with Gasteiger partial charge in [-0.05, 0) is 78.2 Å². The summed E-state index contributed by atoms with van der Waals surface area (Å²) in [6.45, 7) is 17.9. The molecule has 3 aliphatic rings. The molecule has 0 saturated carbocycles. The largest absolute Gasteiger partial charge is 0.463 e. The Kier molecular flexibility index (Phi) is 14.3. The summed E-state index contributed by atoms with van der Waals surface area (Å²) in [7, 11) is 0. The standard InChI is InChI=1S/C29H46N4O5.C7H14O2/c1-7-11-32-16-20(2)13-29(6,37)14-21(3)26(35)28(4,5)27(36)38-18-23(32)8-9-25(34)33-12-10-24-22(17-33)15-30-19-31-24;1-5-3-6(2)9-7(8)4-5/h15,19-21,23,37H,7-14,16-18H2,1-6H3;5-8H,3-4H2,1-2H3/t20-,21?,23-,29-;5-,6+,7+/m10/s1. The summed E-state index contributed by atoms with van der Waals surface area (Å²) in [5.74, 6) is -0.419. The molecule has 11 nitrogen and oxygen atoms in total. The Morgan fingerprint density at radius 2 is 1.81 bits per heavy atom. The Morgan fingerprint density at radius 1 is 1.09 bits per heavy atom. The Bertz CT molecular complexity index is 1170. The van der Waals surface area contributed by atoms with Gasteiger partial charge in [0.2, 0.25) is 5.91 Å². The van der Waals surface area contributed by atoms with Crippen LogP contribution in [0.1, 0.15) is 112 Å². The number of ether oxygens (including phenoxy) is 2. The molecule has 4 rings (SSSR count). The van der Waals surface area contributed by atoms with Crippen LogP contribution in [0.25, 0.3) is 0 Å². The summed E-state index contributed by atoms with van der Waals surface area (Å²) in [4.78, 5) is 52.1. The lowest BCUT2D eigenvalue weighted by Crippen LogP contribution is -2.45. The minimum Gasteiger partial charge on any atom is -0.463 e. The maximum absolute atomic E-state index is 13.2. The number of rotatable bonds is 5. The third-order valence-electron chi connectivity index (χ3n) is 9.72. The molecular weight excluding hydrogens is 600 g/mol. The van der Waals surface area contributed by atoms with E-state index in [0.717, 1.165) is 37.1 Å². The number of hydrogen-bond donors (Lipinski definition) is 2. The molecule has 11 heteroatoms. The van der Waals surface area contributed by atoms with E-state index in [9.17, 15) is 19.5 Å². The van der Waals surface area contributed by atoms with Crippen LogP contribution in [0.15, 0.2) is 12.5 Å². The fraction of sp³-hybridized carbons (Fsp3) is 0.806. The first-order valence-corrected chi connectivity index (χ1v) is 17.6. The number of aliphatic hydroxyl groups excluding tert-OH is 1. The molecule has 0 spiro atoms. The predicted molar refractivity (Wildman–Crippen MR) is 179 cm³/mol. The van der Waals surface area contributed by atoms with Gasteiger partial charge in [0.15, 0.2) is 12.1 Å². The van der Waals surface area contributed by atoms with E-state index in [0.29, 0.717) is 57.7 Å². The fourth-order valence-corrected chi connectivity index (χ4v) is 7.52. The molecule has 0 aliphatic carbocycles. The topological polar surface area (TPSA) is 142 Å². The maximum Gasteiger partial charge on any atom is 0.319 e. The highest BCUT2D eigenvalue weighted by atomic mass is 16.6. The number of nitrogens with zero attached hydrogens (tertiary/aromatic N) is 4. The maximum atomic E-state index is 13.2. The second-order valence-corrected chi connectivity index (χ2v) is 15.2. The van der Waals surface area contributed by atoms with Crippen LogP contribution in [-0.2, 0) is 36.8 Å². The molecule has 2 N–H and O–H groups in total. The minimum atomic E-state index is -1.31. The number of ketones is 1. The van der Waals surface area contributed by atoms with Crippen LogP contribution in [0, 0.1) is 23.2 Å². The molecule has 1 amide bonds. The van der Waals surface area contributed by atoms with Crippen LogP contribution in [0.5, 0.6) is 0 Å². The first kappa shape index (κ1) is 39.0. The van der Waals surface area contributed by atoms with Gasteiger partial charge >= 0.3 is 5.97 Å². The van der Waals surface area contributed by atoms with Gasteiger partial charge in [0.25, 0.3) is 0 Å². The van der Waals surface area contributed by atoms with E-state index in [1.54, 1.807) is 40.2 Å². The zero-order valence-corrected chi connectivity index (χ0v) is 30.0. The molecule has 0 bridgehead atoms. The van der Waals surface area contributed by atoms with E-state index in [1.165, 1.54) is 0 Å². The SMILES string of the molecule is CCCN1C[C@H](C)C[C@@](C)(O)CC(C)C(=O)C(C)(C)C(=O)OC[C@H]1CCC(=O)N1CCc2ncncc2C1.C[C@H]1C[C@@H](C)O[C@@H](O)C1. The van der Waals surface area contributed by atoms with E-state index in [4.69, 9.17) is 14.6 Å². The minimum absolute atomic E-state index is 0.0607. The van der Waals surface area contributed by atoms with E-state index < -0.39 is 29.2 Å². The van der Waals surface area contributed by atoms with Gasteiger partial charge in [-0.3, -0.25) is 19.3 Å². The molecule has 47 heavy (non-hydrogen) atoms. The molecule has 1 aromatic heterocycles. The molecule has 266 valence electrons. The van der Waals surface area contributed by atoms with Gasteiger partial charge in [0, 0.05) is 62.6 Å². The lowest BCUT2D eigenvalue weighted by Gasteiger charge is -2.36.